The number of likely N-dealkylation sites (N-methyl/N-ethyl adjacent to an activating group) is 1. The van der Waals surface area contributed by atoms with Crippen molar-refractivity contribution in [3.05, 3.63) is 58.6 Å². The van der Waals surface area contributed by atoms with Crippen LogP contribution in [0.2, 0.25) is 0 Å². The number of ether oxygens (including phenoxy) is 1. The van der Waals surface area contributed by atoms with Gasteiger partial charge < -0.3 is 20.3 Å². The van der Waals surface area contributed by atoms with Crippen LogP contribution >= 0.6 is 15.9 Å². The van der Waals surface area contributed by atoms with E-state index < -0.39 is 0 Å². The van der Waals surface area contributed by atoms with Crippen LogP contribution in [0.4, 0.5) is 11.4 Å². The van der Waals surface area contributed by atoms with Gasteiger partial charge in [0.05, 0.1) is 32.3 Å². The van der Waals surface area contributed by atoms with Crippen LogP contribution in [0.1, 0.15) is 18.5 Å². The molecule has 31 heavy (non-hydrogen) atoms. The van der Waals surface area contributed by atoms with E-state index in [1.165, 1.54) is 0 Å². The molecule has 0 aromatic heterocycles. The molecule has 1 heterocycles. The van der Waals surface area contributed by atoms with Crippen molar-refractivity contribution in [1.82, 2.24) is 10.2 Å². The molecule has 0 unspecified atom stereocenters. The van der Waals surface area contributed by atoms with Crippen molar-refractivity contribution >= 4 is 39.1 Å². The van der Waals surface area contributed by atoms with E-state index in [-0.39, 0.29) is 30.9 Å². The zero-order chi connectivity index (χ0) is 22.2. The number of amides is 2. The summed E-state index contributed by atoms with van der Waals surface area (Å²) in [6.07, 6.45) is 0. The van der Waals surface area contributed by atoms with Crippen molar-refractivity contribution in [3.8, 4) is 0 Å². The van der Waals surface area contributed by atoms with Crippen molar-refractivity contribution < 1.29 is 14.3 Å². The monoisotopic (exact) mass is 488 g/mol. The molecule has 1 atom stereocenters. The van der Waals surface area contributed by atoms with Crippen molar-refractivity contribution in [3.63, 3.8) is 0 Å². The lowest BCUT2D eigenvalue weighted by atomic mass is 10.1. The van der Waals surface area contributed by atoms with Crippen molar-refractivity contribution in [1.29, 1.82) is 0 Å². The van der Waals surface area contributed by atoms with Crippen molar-refractivity contribution in [2.75, 3.05) is 56.7 Å². The summed E-state index contributed by atoms with van der Waals surface area (Å²) < 4.78 is 6.37. The van der Waals surface area contributed by atoms with E-state index in [1.54, 1.807) is 11.9 Å². The summed E-state index contributed by atoms with van der Waals surface area (Å²) in [6, 6.07) is 15.5. The van der Waals surface area contributed by atoms with E-state index in [1.807, 2.05) is 55.5 Å². The third-order valence-corrected chi connectivity index (χ3v) is 5.63. The van der Waals surface area contributed by atoms with Crippen LogP contribution in [0.3, 0.4) is 0 Å². The number of benzene rings is 2. The highest BCUT2D eigenvalue weighted by molar-refractivity contribution is 9.10. The maximum Gasteiger partial charge on any atom is 0.238 e. The van der Waals surface area contributed by atoms with Gasteiger partial charge in [0.25, 0.3) is 0 Å². The highest BCUT2D eigenvalue weighted by Gasteiger charge is 2.15. The Kier molecular flexibility index (Phi) is 8.45. The van der Waals surface area contributed by atoms with Crippen LogP contribution in [-0.2, 0) is 14.3 Å². The predicted molar refractivity (Wildman–Crippen MR) is 126 cm³/mol. The topological polar surface area (TPSA) is 73.9 Å². The smallest absolute Gasteiger partial charge is 0.238 e. The third kappa shape index (κ3) is 7.34. The maximum atomic E-state index is 12.4. The summed E-state index contributed by atoms with van der Waals surface area (Å²) in [5.41, 5.74) is 2.89. The van der Waals surface area contributed by atoms with Crippen molar-refractivity contribution in [2.24, 2.45) is 0 Å². The molecule has 1 saturated heterocycles. The molecule has 0 saturated carbocycles. The fourth-order valence-corrected chi connectivity index (χ4v) is 3.71. The van der Waals surface area contributed by atoms with Crippen LogP contribution < -0.4 is 15.5 Å². The Labute approximate surface area is 191 Å². The number of rotatable bonds is 8. The van der Waals surface area contributed by atoms with Gasteiger partial charge in [-0.2, -0.15) is 0 Å². The number of hydrogen-bond donors (Lipinski definition) is 2. The van der Waals surface area contributed by atoms with E-state index in [0.29, 0.717) is 0 Å². The second kappa shape index (κ2) is 11.3. The predicted octanol–water partition coefficient (Wildman–Crippen LogP) is 3.03. The van der Waals surface area contributed by atoms with E-state index in [2.05, 4.69) is 31.5 Å². The maximum absolute atomic E-state index is 12.4. The first-order chi connectivity index (χ1) is 14.9. The Hall–Kier alpha value is -2.42. The molecule has 2 aromatic rings. The van der Waals surface area contributed by atoms with Gasteiger partial charge in [0.2, 0.25) is 11.8 Å². The number of nitrogens with zero attached hydrogens (tertiary/aromatic N) is 2. The molecule has 2 amide bonds. The second-order valence-electron chi connectivity index (χ2n) is 7.71. The molecule has 1 aliphatic heterocycles. The molecule has 166 valence electrons. The molecule has 2 N–H and O–H groups in total. The van der Waals surface area contributed by atoms with Crippen LogP contribution in [-0.4, -0.2) is 63.2 Å². The average molecular weight is 489 g/mol. The van der Waals surface area contributed by atoms with Gasteiger partial charge in [0.1, 0.15) is 0 Å². The number of anilines is 2. The van der Waals surface area contributed by atoms with Gasteiger partial charge >= 0.3 is 0 Å². The van der Waals surface area contributed by atoms with Gasteiger partial charge in [0.15, 0.2) is 0 Å². The summed E-state index contributed by atoms with van der Waals surface area (Å²) in [7, 11) is 1.75. The Morgan fingerprint density at radius 2 is 1.65 bits per heavy atom. The van der Waals surface area contributed by atoms with Crippen LogP contribution in [0.15, 0.2) is 53.0 Å². The Morgan fingerprint density at radius 3 is 2.29 bits per heavy atom. The molecule has 7 nitrogen and oxygen atoms in total. The summed E-state index contributed by atoms with van der Waals surface area (Å²) in [6.45, 7) is 5.43. The minimum atomic E-state index is -0.157. The molecule has 0 aliphatic carbocycles. The molecule has 1 fully saturated rings. The van der Waals surface area contributed by atoms with Gasteiger partial charge in [-0.05, 0) is 55.9 Å². The SMILES string of the molecule is C[C@@H](NC(=O)CN(C)CC(=O)Nc1ccc(N2CCOCC2)cc1)c1ccc(Br)cc1. The van der Waals surface area contributed by atoms with Gasteiger partial charge in [-0.25, -0.2) is 0 Å². The van der Waals surface area contributed by atoms with Gasteiger partial charge in [-0.1, -0.05) is 28.1 Å². The lowest BCUT2D eigenvalue weighted by Crippen LogP contribution is -2.39. The Morgan fingerprint density at radius 1 is 1.03 bits per heavy atom. The van der Waals surface area contributed by atoms with E-state index in [4.69, 9.17) is 4.74 Å². The molecule has 0 radical (unpaired) electrons. The molecule has 8 heteroatoms. The summed E-state index contributed by atoms with van der Waals surface area (Å²) in [4.78, 5) is 28.6. The van der Waals surface area contributed by atoms with Crippen molar-refractivity contribution in [2.45, 2.75) is 13.0 Å². The zero-order valence-electron chi connectivity index (χ0n) is 17.9. The molecule has 1 aliphatic rings. The van der Waals surface area contributed by atoms with Gasteiger partial charge in [0, 0.05) is 28.9 Å². The minimum absolute atomic E-state index is 0.104. The van der Waals surface area contributed by atoms with E-state index >= 15 is 0 Å². The second-order valence-corrected chi connectivity index (χ2v) is 8.62. The van der Waals surface area contributed by atoms with Gasteiger partial charge in [-0.15, -0.1) is 0 Å². The first-order valence-corrected chi connectivity index (χ1v) is 11.2. The first-order valence-electron chi connectivity index (χ1n) is 10.4. The fourth-order valence-electron chi connectivity index (χ4n) is 3.45. The third-order valence-electron chi connectivity index (χ3n) is 5.10. The Bertz CT molecular complexity index is 867. The zero-order valence-corrected chi connectivity index (χ0v) is 19.5. The highest BCUT2D eigenvalue weighted by Crippen LogP contribution is 2.19. The fraction of sp³-hybridized carbons (Fsp3) is 0.391. The largest absolute Gasteiger partial charge is 0.378 e. The van der Waals surface area contributed by atoms with E-state index in [0.717, 1.165) is 47.7 Å². The molecule has 0 bridgehead atoms. The highest BCUT2D eigenvalue weighted by atomic mass is 79.9. The molecule has 0 spiro atoms. The van der Waals surface area contributed by atoms with Gasteiger partial charge in [-0.3, -0.25) is 14.5 Å². The first kappa shape index (κ1) is 23.2. The quantitative estimate of drug-likeness (QED) is 0.597. The number of morpholine rings is 1. The molecular formula is C23H29BrN4O3. The average Bonchev–Trinajstić information content (AvgIpc) is 2.75. The minimum Gasteiger partial charge on any atom is -0.378 e. The number of halogens is 1. The summed E-state index contributed by atoms with van der Waals surface area (Å²) in [5.74, 6) is -0.282. The number of nitrogens with one attached hydrogen (secondary N) is 2. The lowest BCUT2D eigenvalue weighted by molar-refractivity contribution is -0.123. The molecule has 3 rings (SSSR count). The normalized spacial score (nSPS) is 14.9. The number of carbonyl (C=O) groups excluding carboxylic acids is 2. The molecular weight excluding hydrogens is 460 g/mol. The summed E-state index contributed by atoms with van der Waals surface area (Å²) >= 11 is 3.41. The van der Waals surface area contributed by atoms with E-state index in [9.17, 15) is 9.59 Å². The lowest BCUT2D eigenvalue weighted by Gasteiger charge is -2.28. The van der Waals surface area contributed by atoms with Crippen LogP contribution in [0.25, 0.3) is 0 Å². The van der Waals surface area contributed by atoms with Crippen LogP contribution in [0.5, 0.6) is 0 Å². The number of carbonyl (C=O) groups is 2. The standard InChI is InChI=1S/C23H29BrN4O3/c1-17(18-3-5-19(24)6-4-18)25-22(29)15-27(2)16-23(30)26-20-7-9-21(10-8-20)28-11-13-31-14-12-28/h3-10,17H,11-16H2,1-2H3,(H,25,29)(H,26,30)/t17-/m1/s1. The molecule has 2 aromatic carbocycles. The van der Waals surface area contributed by atoms with Crippen LogP contribution in [0, 0.1) is 0 Å². The summed E-state index contributed by atoms with van der Waals surface area (Å²) in [5, 5.41) is 5.85. The Balaban J connectivity index is 1.42. The number of hydrogen-bond acceptors (Lipinski definition) is 5.